The number of hydrogen-bond donors (Lipinski definition) is 1. The average molecular weight is 205 g/mol. The third-order valence-electron chi connectivity index (χ3n) is 2.31. The summed E-state index contributed by atoms with van der Waals surface area (Å²) in [5.74, 6) is 2.45. The standard InChI is InChI=1S/C10H23NOS/c1-4-10(9-12)11(3)7-6-8-13-5-2/h10,12H,4-9H2,1-3H3. The van der Waals surface area contributed by atoms with E-state index < -0.39 is 0 Å². The van der Waals surface area contributed by atoms with Gasteiger partial charge in [0.05, 0.1) is 6.61 Å². The molecule has 0 aliphatic rings. The first kappa shape index (κ1) is 13.3. The summed E-state index contributed by atoms with van der Waals surface area (Å²) in [5.41, 5.74) is 0. The van der Waals surface area contributed by atoms with Gasteiger partial charge in [-0.1, -0.05) is 13.8 Å². The lowest BCUT2D eigenvalue weighted by atomic mass is 10.2. The van der Waals surface area contributed by atoms with Crippen molar-refractivity contribution in [3.63, 3.8) is 0 Å². The van der Waals surface area contributed by atoms with E-state index >= 15 is 0 Å². The van der Waals surface area contributed by atoms with Gasteiger partial charge >= 0.3 is 0 Å². The highest BCUT2D eigenvalue weighted by atomic mass is 32.2. The van der Waals surface area contributed by atoms with Gasteiger partial charge in [-0.05, 0) is 37.9 Å². The van der Waals surface area contributed by atoms with Crippen LogP contribution in [0.3, 0.4) is 0 Å². The number of rotatable bonds is 8. The molecule has 13 heavy (non-hydrogen) atoms. The van der Waals surface area contributed by atoms with Crippen LogP contribution in [-0.4, -0.2) is 47.8 Å². The Morgan fingerprint density at radius 1 is 1.38 bits per heavy atom. The maximum absolute atomic E-state index is 9.05. The Bertz CT molecular complexity index is 107. The average Bonchev–Trinajstić information content (AvgIpc) is 2.14. The van der Waals surface area contributed by atoms with Gasteiger partial charge in [-0.15, -0.1) is 0 Å². The molecule has 1 unspecified atom stereocenters. The lowest BCUT2D eigenvalue weighted by Crippen LogP contribution is -2.35. The molecule has 0 rings (SSSR count). The number of likely N-dealkylation sites (N-methyl/N-ethyl adjacent to an activating group) is 1. The Balaban J connectivity index is 3.42. The van der Waals surface area contributed by atoms with Gasteiger partial charge in [-0.25, -0.2) is 0 Å². The zero-order valence-corrected chi connectivity index (χ0v) is 9.94. The molecule has 0 aromatic carbocycles. The monoisotopic (exact) mass is 205 g/mol. The van der Waals surface area contributed by atoms with E-state index in [0.29, 0.717) is 6.04 Å². The zero-order valence-electron chi connectivity index (χ0n) is 9.12. The molecular weight excluding hydrogens is 182 g/mol. The van der Waals surface area contributed by atoms with Crippen LogP contribution in [0.15, 0.2) is 0 Å². The van der Waals surface area contributed by atoms with Gasteiger partial charge in [0, 0.05) is 6.04 Å². The molecule has 0 aliphatic carbocycles. The smallest absolute Gasteiger partial charge is 0.0586 e. The fourth-order valence-corrected chi connectivity index (χ4v) is 1.94. The van der Waals surface area contributed by atoms with Crippen LogP contribution < -0.4 is 0 Å². The van der Waals surface area contributed by atoms with Crippen LogP contribution in [0.4, 0.5) is 0 Å². The van der Waals surface area contributed by atoms with Gasteiger partial charge in [-0.2, -0.15) is 11.8 Å². The molecule has 0 aromatic rings. The summed E-state index contributed by atoms with van der Waals surface area (Å²) in [6, 6.07) is 0.353. The van der Waals surface area contributed by atoms with Gasteiger partial charge in [0.25, 0.3) is 0 Å². The van der Waals surface area contributed by atoms with Gasteiger partial charge in [0.2, 0.25) is 0 Å². The summed E-state index contributed by atoms with van der Waals surface area (Å²) in [6.45, 7) is 5.70. The van der Waals surface area contributed by atoms with Crippen LogP contribution in [0.25, 0.3) is 0 Å². The van der Waals surface area contributed by atoms with Crippen molar-refractivity contribution in [1.29, 1.82) is 0 Å². The molecule has 0 spiro atoms. The molecule has 1 N–H and O–H groups in total. The molecule has 2 nitrogen and oxygen atoms in total. The normalized spacial score (nSPS) is 13.6. The van der Waals surface area contributed by atoms with Crippen molar-refractivity contribution in [3.8, 4) is 0 Å². The van der Waals surface area contributed by atoms with Crippen molar-refractivity contribution >= 4 is 11.8 Å². The maximum atomic E-state index is 9.05. The molecule has 0 amide bonds. The molecule has 1 atom stereocenters. The summed E-state index contributed by atoms with van der Waals surface area (Å²) < 4.78 is 0. The number of aliphatic hydroxyl groups is 1. The molecule has 3 heteroatoms. The zero-order chi connectivity index (χ0) is 10.1. The second kappa shape index (κ2) is 8.85. The molecule has 0 fully saturated rings. The minimum absolute atomic E-state index is 0.286. The van der Waals surface area contributed by atoms with Crippen LogP contribution in [-0.2, 0) is 0 Å². The molecule has 0 saturated carbocycles. The van der Waals surface area contributed by atoms with Crippen LogP contribution in [0.2, 0.25) is 0 Å². The van der Waals surface area contributed by atoms with E-state index in [2.05, 4.69) is 25.8 Å². The fraction of sp³-hybridized carbons (Fsp3) is 1.00. The van der Waals surface area contributed by atoms with Crippen molar-refractivity contribution in [2.24, 2.45) is 0 Å². The van der Waals surface area contributed by atoms with Crippen molar-refractivity contribution < 1.29 is 5.11 Å². The van der Waals surface area contributed by atoms with Crippen molar-refractivity contribution in [2.45, 2.75) is 32.7 Å². The van der Waals surface area contributed by atoms with Crippen LogP contribution in [0.1, 0.15) is 26.7 Å². The number of thioether (sulfide) groups is 1. The molecular formula is C10H23NOS. The molecule has 0 aliphatic heterocycles. The lowest BCUT2D eigenvalue weighted by Gasteiger charge is -2.24. The largest absolute Gasteiger partial charge is 0.395 e. The number of hydrogen-bond acceptors (Lipinski definition) is 3. The fourth-order valence-electron chi connectivity index (χ4n) is 1.32. The van der Waals surface area contributed by atoms with Gasteiger partial charge in [0.15, 0.2) is 0 Å². The first-order valence-corrected chi connectivity index (χ1v) is 6.30. The van der Waals surface area contributed by atoms with Crippen molar-refractivity contribution in [3.05, 3.63) is 0 Å². The lowest BCUT2D eigenvalue weighted by molar-refractivity contribution is 0.144. The van der Waals surface area contributed by atoms with Gasteiger partial charge in [-0.3, -0.25) is 0 Å². The third kappa shape index (κ3) is 6.36. The molecule has 0 saturated heterocycles. The van der Waals surface area contributed by atoms with E-state index in [1.807, 2.05) is 11.8 Å². The van der Waals surface area contributed by atoms with Crippen LogP contribution in [0.5, 0.6) is 0 Å². The molecule has 80 valence electrons. The predicted molar refractivity (Wildman–Crippen MR) is 61.4 cm³/mol. The van der Waals surface area contributed by atoms with E-state index in [9.17, 15) is 0 Å². The SMILES string of the molecule is CCSCCCN(C)C(CC)CO. The summed E-state index contributed by atoms with van der Waals surface area (Å²) in [5, 5.41) is 9.05. The number of aliphatic hydroxyl groups excluding tert-OH is 1. The highest BCUT2D eigenvalue weighted by Crippen LogP contribution is 2.05. The second-order valence-corrected chi connectivity index (χ2v) is 4.67. The molecule has 0 heterocycles. The Labute approximate surface area is 86.7 Å². The van der Waals surface area contributed by atoms with E-state index in [-0.39, 0.29) is 6.61 Å². The minimum Gasteiger partial charge on any atom is -0.395 e. The van der Waals surface area contributed by atoms with E-state index in [4.69, 9.17) is 5.11 Å². The topological polar surface area (TPSA) is 23.5 Å². The molecule has 0 radical (unpaired) electrons. The van der Waals surface area contributed by atoms with Crippen LogP contribution in [0, 0.1) is 0 Å². The molecule has 0 bridgehead atoms. The predicted octanol–water partition coefficient (Wildman–Crippen LogP) is 1.83. The van der Waals surface area contributed by atoms with E-state index in [0.717, 1.165) is 13.0 Å². The number of nitrogens with zero attached hydrogens (tertiary/aromatic N) is 1. The van der Waals surface area contributed by atoms with E-state index in [1.165, 1.54) is 17.9 Å². The van der Waals surface area contributed by atoms with Gasteiger partial charge in [0.1, 0.15) is 0 Å². The Kier molecular flexibility index (Phi) is 9.03. The Morgan fingerprint density at radius 2 is 2.08 bits per heavy atom. The third-order valence-corrected chi connectivity index (χ3v) is 3.29. The maximum Gasteiger partial charge on any atom is 0.0586 e. The first-order chi connectivity index (χ1) is 6.26. The summed E-state index contributed by atoms with van der Waals surface area (Å²) in [6.07, 6.45) is 2.26. The highest BCUT2D eigenvalue weighted by molar-refractivity contribution is 7.99. The van der Waals surface area contributed by atoms with Gasteiger partial charge < -0.3 is 10.0 Å². The van der Waals surface area contributed by atoms with Crippen molar-refractivity contribution in [2.75, 3.05) is 31.7 Å². The summed E-state index contributed by atoms with van der Waals surface area (Å²) in [4.78, 5) is 2.26. The Hall–Kier alpha value is 0.270. The van der Waals surface area contributed by atoms with Crippen LogP contribution >= 0.6 is 11.8 Å². The molecule has 0 aromatic heterocycles. The summed E-state index contributed by atoms with van der Waals surface area (Å²) in [7, 11) is 2.10. The highest BCUT2D eigenvalue weighted by Gasteiger charge is 2.09. The Morgan fingerprint density at radius 3 is 2.54 bits per heavy atom. The quantitative estimate of drug-likeness (QED) is 0.612. The van der Waals surface area contributed by atoms with E-state index in [1.54, 1.807) is 0 Å². The summed E-state index contributed by atoms with van der Waals surface area (Å²) >= 11 is 1.99. The minimum atomic E-state index is 0.286. The first-order valence-electron chi connectivity index (χ1n) is 5.15. The van der Waals surface area contributed by atoms with Crippen molar-refractivity contribution in [1.82, 2.24) is 4.90 Å². The second-order valence-electron chi connectivity index (χ2n) is 3.28.